The molecule has 2 heterocycles. The molecule has 0 saturated heterocycles. The van der Waals surface area contributed by atoms with Gasteiger partial charge in [-0.25, -0.2) is 4.98 Å². The van der Waals surface area contributed by atoms with Crippen molar-refractivity contribution in [2.45, 2.75) is 26.4 Å². The van der Waals surface area contributed by atoms with Gasteiger partial charge in [-0.1, -0.05) is 0 Å². The first-order chi connectivity index (χ1) is 9.39. The fourth-order valence-corrected chi connectivity index (χ4v) is 1.72. The van der Waals surface area contributed by atoms with E-state index in [4.69, 9.17) is 5.73 Å². The predicted molar refractivity (Wildman–Crippen MR) is 73.3 cm³/mol. The highest BCUT2D eigenvalue weighted by Gasteiger charge is 2.20. The lowest BCUT2D eigenvalue weighted by Crippen LogP contribution is -2.39. The van der Waals surface area contributed by atoms with Gasteiger partial charge in [-0.2, -0.15) is 24.7 Å². The molecular formula is C11H18N8O. The van der Waals surface area contributed by atoms with E-state index in [1.807, 2.05) is 11.8 Å². The standard InChI is InChI=1S/C11H18N8O/c1-4-18(5-11(2,3)20)9-15-8(12)16-10(17-9)19-7-13-6-14-19/h6-7,20H,4-5H2,1-3H3,(H2,12,15,16,17). The summed E-state index contributed by atoms with van der Waals surface area (Å²) in [6.07, 6.45) is 2.86. The third-order valence-electron chi connectivity index (χ3n) is 2.50. The summed E-state index contributed by atoms with van der Waals surface area (Å²) in [5.41, 5.74) is 4.84. The largest absolute Gasteiger partial charge is 0.389 e. The molecule has 0 saturated carbocycles. The minimum absolute atomic E-state index is 0.0923. The van der Waals surface area contributed by atoms with Gasteiger partial charge in [-0.15, -0.1) is 0 Å². The first-order valence-corrected chi connectivity index (χ1v) is 6.23. The van der Waals surface area contributed by atoms with Gasteiger partial charge in [0.1, 0.15) is 12.7 Å². The smallest absolute Gasteiger partial charge is 0.258 e. The summed E-state index contributed by atoms with van der Waals surface area (Å²) >= 11 is 0. The highest BCUT2D eigenvalue weighted by Crippen LogP contribution is 2.14. The molecular weight excluding hydrogens is 260 g/mol. The Labute approximate surface area is 116 Å². The van der Waals surface area contributed by atoms with Crippen molar-refractivity contribution in [3.8, 4) is 5.95 Å². The minimum Gasteiger partial charge on any atom is -0.389 e. The molecule has 3 N–H and O–H groups in total. The normalized spacial score (nSPS) is 11.6. The highest BCUT2D eigenvalue weighted by atomic mass is 16.3. The molecule has 2 rings (SSSR count). The number of nitrogens with zero attached hydrogens (tertiary/aromatic N) is 7. The molecule has 20 heavy (non-hydrogen) atoms. The number of hydrogen-bond donors (Lipinski definition) is 2. The van der Waals surface area contributed by atoms with Crippen LogP contribution in [0.4, 0.5) is 11.9 Å². The summed E-state index contributed by atoms with van der Waals surface area (Å²) in [5.74, 6) is 0.779. The van der Waals surface area contributed by atoms with Crippen molar-refractivity contribution in [3.05, 3.63) is 12.7 Å². The molecule has 0 aromatic carbocycles. The minimum atomic E-state index is -0.870. The summed E-state index contributed by atoms with van der Waals surface area (Å²) in [4.78, 5) is 18.1. The highest BCUT2D eigenvalue weighted by molar-refractivity contribution is 5.37. The summed E-state index contributed by atoms with van der Waals surface area (Å²) in [7, 11) is 0. The molecule has 0 fully saturated rings. The van der Waals surface area contributed by atoms with Crippen molar-refractivity contribution in [2.24, 2.45) is 0 Å². The average Bonchev–Trinajstić information content (AvgIpc) is 2.88. The van der Waals surface area contributed by atoms with Crippen LogP contribution in [0.1, 0.15) is 20.8 Å². The quantitative estimate of drug-likeness (QED) is 0.760. The first kappa shape index (κ1) is 14.1. The second kappa shape index (κ2) is 5.37. The first-order valence-electron chi connectivity index (χ1n) is 6.23. The molecule has 0 bridgehead atoms. The van der Waals surface area contributed by atoms with Crippen molar-refractivity contribution in [1.29, 1.82) is 0 Å². The van der Waals surface area contributed by atoms with Crippen LogP contribution in [0.25, 0.3) is 5.95 Å². The summed E-state index contributed by atoms with van der Waals surface area (Å²) < 4.78 is 1.40. The van der Waals surface area contributed by atoms with Crippen LogP contribution in [-0.4, -0.2) is 53.5 Å². The lowest BCUT2D eigenvalue weighted by molar-refractivity contribution is 0.0872. The average molecular weight is 278 g/mol. The number of hydrogen-bond acceptors (Lipinski definition) is 8. The third kappa shape index (κ3) is 3.38. The second-order valence-corrected chi connectivity index (χ2v) is 4.96. The summed E-state index contributed by atoms with van der Waals surface area (Å²) in [6, 6.07) is 0. The van der Waals surface area contributed by atoms with E-state index in [-0.39, 0.29) is 5.95 Å². The Morgan fingerprint density at radius 1 is 1.35 bits per heavy atom. The van der Waals surface area contributed by atoms with E-state index in [1.165, 1.54) is 17.3 Å². The topological polar surface area (TPSA) is 119 Å². The number of aromatic nitrogens is 6. The Kier molecular flexibility index (Phi) is 3.79. The van der Waals surface area contributed by atoms with Crippen LogP contribution in [0.5, 0.6) is 0 Å². The molecule has 0 amide bonds. The van der Waals surface area contributed by atoms with Gasteiger partial charge in [0.25, 0.3) is 5.95 Å². The number of aliphatic hydroxyl groups is 1. The Morgan fingerprint density at radius 2 is 2.10 bits per heavy atom. The van der Waals surface area contributed by atoms with Crippen LogP contribution in [0, 0.1) is 0 Å². The molecule has 9 nitrogen and oxygen atoms in total. The van der Waals surface area contributed by atoms with Gasteiger partial charge in [0, 0.05) is 13.1 Å². The van der Waals surface area contributed by atoms with Crippen molar-refractivity contribution >= 4 is 11.9 Å². The Balaban J connectivity index is 2.36. The lowest BCUT2D eigenvalue weighted by Gasteiger charge is -2.28. The maximum Gasteiger partial charge on any atom is 0.258 e. The van der Waals surface area contributed by atoms with Gasteiger partial charge in [0.15, 0.2) is 0 Å². The van der Waals surface area contributed by atoms with Crippen LogP contribution < -0.4 is 10.6 Å². The molecule has 2 aromatic rings. The van der Waals surface area contributed by atoms with Gasteiger partial charge in [-0.3, -0.25) is 0 Å². The van der Waals surface area contributed by atoms with E-state index < -0.39 is 5.60 Å². The molecule has 108 valence electrons. The molecule has 0 unspecified atom stereocenters. The zero-order valence-electron chi connectivity index (χ0n) is 11.7. The van der Waals surface area contributed by atoms with Crippen LogP contribution >= 0.6 is 0 Å². The van der Waals surface area contributed by atoms with E-state index in [0.717, 1.165) is 0 Å². The van der Waals surface area contributed by atoms with E-state index in [0.29, 0.717) is 25.0 Å². The Hall–Kier alpha value is -2.29. The lowest BCUT2D eigenvalue weighted by atomic mass is 10.1. The fourth-order valence-electron chi connectivity index (χ4n) is 1.72. The second-order valence-electron chi connectivity index (χ2n) is 4.96. The molecule has 0 aliphatic heterocycles. The number of likely N-dealkylation sites (N-methyl/N-ethyl adjacent to an activating group) is 1. The van der Waals surface area contributed by atoms with Crippen LogP contribution in [0.2, 0.25) is 0 Å². The van der Waals surface area contributed by atoms with Crippen molar-refractivity contribution in [3.63, 3.8) is 0 Å². The number of rotatable bonds is 5. The maximum absolute atomic E-state index is 9.93. The van der Waals surface area contributed by atoms with Crippen molar-refractivity contribution in [1.82, 2.24) is 29.7 Å². The van der Waals surface area contributed by atoms with Gasteiger partial charge in [0.05, 0.1) is 5.60 Å². The fraction of sp³-hybridized carbons (Fsp3) is 0.545. The predicted octanol–water partition coefficient (Wildman–Crippen LogP) is -0.368. The SMILES string of the molecule is CCN(CC(C)(C)O)c1nc(N)nc(-n2cncn2)n1. The summed E-state index contributed by atoms with van der Waals surface area (Å²) in [6.45, 7) is 6.39. The zero-order valence-corrected chi connectivity index (χ0v) is 11.7. The molecule has 0 radical (unpaired) electrons. The Bertz CT molecular complexity index is 562. The van der Waals surface area contributed by atoms with Crippen LogP contribution in [0.15, 0.2) is 12.7 Å². The molecule has 0 aliphatic rings. The maximum atomic E-state index is 9.93. The van der Waals surface area contributed by atoms with Gasteiger partial charge >= 0.3 is 0 Å². The van der Waals surface area contributed by atoms with Crippen molar-refractivity contribution < 1.29 is 5.11 Å². The van der Waals surface area contributed by atoms with Crippen LogP contribution in [0.3, 0.4) is 0 Å². The number of anilines is 2. The van der Waals surface area contributed by atoms with E-state index in [9.17, 15) is 5.11 Å². The van der Waals surface area contributed by atoms with E-state index in [2.05, 4.69) is 25.0 Å². The number of nitrogen functional groups attached to an aromatic ring is 1. The number of nitrogens with two attached hydrogens (primary N) is 1. The third-order valence-corrected chi connectivity index (χ3v) is 2.50. The van der Waals surface area contributed by atoms with Gasteiger partial charge in [0.2, 0.25) is 11.9 Å². The molecule has 9 heteroatoms. The molecule has 2 aromatic heterocycles. The van der Waals surface area contributed by atoms with Gasteiger partial charge in [-0.05, 0) is 20.8 Å². The Morgan fingerprint density at radius 3 is 2.65 bits per heavy atom. The zero-order chi connectivity index (χ0) is 14.8. The summed E-state index contributed by atoms with van der Waals surface area (Å²) in [5, 5.41) is 13.9. The van der Waals surface area contributed by atoms with Gasteiger partial charge < -0.3 is 15.7 Å². The van der Waals surface area contributed by atoms with E-state index in [1.54, 1.807) is 13.8 Å². The monoisotopic (exact) mass is 278 g/mol. The molecule has 0 atom stereocenters. The molecule has 0 spiro atoms. The van der Waals surface area contributed by atoms with Crippen molar-refractivity contribution in [2.75, 3.05) is 23.7 Å². The molecule has 0 aliphatic carbocycles. The van der Waals surface area contributed by atoms with E-state index >= 15 is 0 Å². The van der Waals surface area contributed by atoms with Crippen LogP contribution in [-0.2, 0) is 0 Å².